The van der Waals surface area contributed by atoms with Gasteiger partial charge in [0, 0.05) is 0 Å². The van der Waals surface area contributed by atoms with Gasteiger partial charge in [0.05, 0.1) is 29.3 Å². The van der Waals surface area contributed by atoms with Crippen molar-refractivity contribution in [1.82, 2.24) is 10.3 Å². The molecule has 28 heavy (non-hydrogen) atoms. The van der Waals surface area contributed by atoms with Crippen molar-refractivity contribution >= 4 is 55.6 Å². The zero-order chi connectivity index (χ0) is 19.7. The van der Waals surface area contributed by atoms with E-state index in [1.165, 1.54) is 37.3 Å². The number of amides is 1. The Morgan fingerprint density at radius 2 is 1.89 bits per heavy atom. The van der Waals surface area contributed by atoms with Gasteiger partial charge in [0.2, 0.25) is 10.9 Å². The molecule has 7 nitrogen and oxygen atoms in total. The van der Waals surface area contributed by atoms with Crippen molar-refractivity contribution in [2.45, 2.75) is 0 Å². The normalized spacial score (nSPS) is 16.7. The first-order chi connectivity index (χ1) is 13.6. The van der Waals surface area contributed by atoms with Crippen LogP contribution in [0.5, 0.6) is 17.2 Å². The summed E-state index contributed by atoms with van der Waals surface area (Å²) >= 11 is 2.68. The van der Waals surface area contributed by atoms with Crippen molar-refractivity contribution in [3.63, 3.8) is 0 Å². The standard InChI is InChI=1S/C19H15N3O4S2/c1-25-12-7-10(8-13(26-2)16(12)23)9-15-17(24)21-19(28-15)22-18-20-11-5-3-4-6-14(11)27-18/h3-9,23H,1-2H3,(H,20,21,22,24)/b15-9-. The summed E-state index contributed by atoms with van der Waals surface area (Å²) in [6.07, 6.45) is 1.69. The summed E-state index contributed by atoms with van der Waals surface area (Å²) in [7, 11) is 2.90. The Bertz CT molecular complexity index is 1080. The van der Waals surface area contributed by atoms with Crippen molar-refractivity contribution in [3.05, 3.63) is 46.9 Å². The summed E-state index contributed by atoms with van der Waals surface area (Å²) in [5.74, 6) is 0.181. The number of rotatable bonds is 4. The zero-order valence-corrected chi connectivity index (χ0v) is 16.6. The third kappa shape index (κ3) is 3.54. The van der Waals surface area contributed by atoms with E-state index in [1.54, 1.807) is 18.2 Å². The molecule has 2 aromatic carbocycles. The molecule has 142 valence electrons. The monoisotopic (exact) mass is 413 g/mol. The summed E-state index contributed by atoms with van der Waals surface area (Å²) in [5.41, 5.74) is 1.53. The minimum Gasteiger partial charge on any atom is -0.502 e. The van der Waals surface area contributed by atoms with Gasteiger partial charge >= 0.3 is 0 Å². The molecular weight excluding hydrogens is 398 g/mol. The second-order valence-electron chi connectivity index (χ2n) is 5.72. The fourth-order valence-electron chi connectivity index (χ4n) is 2.62. The van der Waals surface area contributed by atoms with Gasteiger partial charge < -0.3 is 19.9 Å². The Morgan fingerprint density at radius 3 is 2.57 bits per heavy atom. The number of ether oxygens (including phenoxy) is 2. The lowest BCUT2D eigenvalue weighted by Gasteiger charge is -2.09. The number of amidine groups is 1. The molecule has 0 atom stereocenters. The van der Waals surface area contributed by atoms with Crippen molar-refractivity contribution < 1.29 is 19.4 Å². The second-order valence-corrected chi connectivity index (χ2v) is 7.76. The van der Waals surface area contributed by atoms with Crippen LogP contribution >= 0.6 is 23.1 Å². The minimum absolute atomic E-state index is 0.0891. The number of phenols is 1. The van der Waals surface area contributed by atoms with Crippen LogP contribution in [0.1, 0.15) is 5.56 Å². The molecule has 4 rings (SSSR count). The average molecular weight is 413 g/mol. The minimum atomic E-state index is -0.254. The summed E-state index contributed by atoms with van der Waals surface area (Å²) in [6, 6.07) is 11.0. The predicted octanol–water partition coefficient (Wildman–Crippen LogP) is 3.91. The van der Waals surface area contributed by atoms with Crippen LogP contribution in [0.3, 0.4) is 0 Å². The molecule has 1 saturated heterocycles. The van der Waals surface area contributed by atoms with Crippen LogP contribution in [0, 0.1) is 0 Å². The van der Waals surface area contributed by atoms with Crippen molar-refractivity contribution in [2.24, 2.45) is 4.99 Å². The first kappa shape index (κ1) is 18.3. The van der Waals surface area contributed by atoms with Gasteiger partial charge in [-0.05, 0) is 47.7 Å². The number of hydrogen-bond acceptors (Lipinski definition) is 8. The van der Waals surface area contributed by atoms with Crippen LogP contribution in [0.2, 0.25) is 0 Å². The maximum Gasteiger partial charge on any atom is 0.264 e. The highest BCUT2D eigenvalue weighted by atomic mass is 32.2. The van der Waals surface area contributed by atoms with Crippen LogP contribution in [0.25, 0.3) is 16.3 Å². The number of carbonyl (C=O) groups excluding carboxylic acids is 1. The van der Waals surface area contributed by atoms with Crippen LogP contribution in [0.4, 0.5) is 5.13 Å². The number of nitrogens with zero attached hydrogens (tertiary/aromatic N) is 2. The van der Waals surface area contributed by atoms with Gasteiger partial charge in [-0.2, -0.15) is 4.99 Å². The molecule has 9 heteroatoms. The van der Waals surface area contributed by atoms with Gasteiger partial charge in [0.1, 0.15) is 0 Å². The highest BCUT2D eigenvalue weighted by molar-refractivity contribution is 8.18. The van der Waals surface area contributed by atoms with Gasteiger partial charge in [0.15, 0.2) is 16.7 Å². The van der Waals surface area contributed by atoms with Gasteiger partial charge in [-0.3, -0.25) is 4.79 Å². The van der Waals surface area contributed by atoms with E-state index in [4.69, 9.17) is 9.47 Å². The highest BCUT2D eigenvalue weighted by Gasteiger charge is 2.24. The van der Waals surface area contributed by atoms with Crippen LogP contribution in [-0.2, 0) is 4.79 Å². The second kappa shape index (κ2) is 7.53. The number of para-hydroxylation sites is 1. The smallest absolute Gasteiger partial charge is 0.264 e. The molecule has 0 spiro atoms. The van der Waals surface area contributed by atoms with E-state index >= 15 is 0 Å². The average Bonchev–Trinajstić information content (AvgIpc) is 3.25. The lowest BCUT2D eigenvalue weighted by molar-refractivity contribution is -0.115. The summed E-state index contributed by atoms with van der Waals surface area (Å²) < 4.78 is 11.3. The maximum atomic E-state index is 12.3. The number of aromatic nitrogens is 1. The molecule has 2 heterocycles. The van der Waals surface area contributed by atoms with Crippen LogP contribution in [-0.4, -0.2) is 35.4 Å². The van der Waals surface area contributed by atoms with Gasteiger partial charge in [-0.15, -0.1) is 0 Å². The van der Waals surface area contributed by atoms with E-state index < -0.39 is 0 Å². The highest BCUT2D eigenvalue weighted by Crippen LogP contribution is 2.39. The number of aliphatic imine (C=N–C) groups is 1. The quantitative estimate of drug-likeness (QED) is 0.630. The van der Waals surface area contributed by atoms with E-state index in [0.29, 0.717) is 20.8 Å². The number of carbonyl (C=O) groups is 1. The first-order valence-electron chi connectivity index (χ1n) is 8.17. The summed E-state index contributed by atoms with van der Waals surface area (Å²) in [6.45, 7) is 0. The van der Waals surface area contributed by atoms with Crippen LogP contribution in [0.15, 0.2) is 46.3 Å². The topological polar surface area (TPSA) is 93.0 Å². The number of benzene rings is 2. The molecular formula is C19H15N3O4S2. The number of thioether (sulfide) groups is 1. The largest absolute Gasteiger partial charge is 0.502 e. The Hall–Kier alpha value is -3.04. The van der Waals surface area contributed by atoms with Gasteiger partial charge in [-0.1, -0.05) is 23.5 Å². The first-order valence-corrected chi connectivity index (χ1v) is 9.81. The SMILES string of the molecule is COc1cc(/C=C2\S/C(=N\c3nc4ccccc4s3)NC2=O)cc(OC)c1O. The number of hydrogen-bond donors (Lipinski definition) is 2. The lowest BCUT2D eigenvalue weighted by atomic mass is 10.1. The molecule has 1 aromatic heterocycles. The lowest BCUT2D eigenvalue weighted by Crippen LogP contribution is -2.19. The molecule has 1 aliphatic rings. The molecule has 0 saturated carbocycles. The van der Waals surface area contributed by atoms with Crippen molar-refractivity contribution in [2.75, 3.05) is 14.2 Å². The summed E-state index contributed by atoms with van der Waals surface area (Å²) in [4.78, 5) is 21.7. The number of fused-ring (bicyclic) bond motifs is 1. The number of phenolic OH excluding ortho intramolecular Hbond substituents is 1. The number of thiazole rings is 1. The molecule has 1 fully saturated rings. The predicted molar refractivity (Wildman–Crippen MR) is 112 cm³/mol. The molecule has 1 aliphatic heterocycles. The number of aromatic hydroxyl groups is 1. The number of nitrogens with one attached hydrogen (secondary N) is 1. The van der Waals surface area contributed by atoms with Crippen LogP contribution < -0.4 is 14.8 Å². The third-order valence-electron chi connectivity index (χ3n) is 3.93. The Kier molecular flexibility index (Phi) is 4.93. The van der Waals surface area contributed by atoms with Crippen molar-refractivity contribution in [1.29, 1.82) is 0 Å². The van der Waals surface area contributed by atoms with E-state index in [2.05, 4.69) is 15.3 Å². The van der Waals surface area contributed by atoms with Gasteiger partial charge in [0.25, 0.3) is 5.91 Å². The molecule has 0 radical (unpaired) electrons. The van der Waals surface area contributed by atoms with E-state index in [9.17, 15) is 9.90 Å². The zero-order valence-electron chi connectivity index (χ0n) is 14.9. The molecule has 0 unspecified atom stereocenters. The van der Waals surface area contributed by atoms with Gasteiger partial charge in [-0.25, -0.2) is 4.98 Å². The van der Waals surface area contributed by atoms with E-state index in [-0.39, 0.29) is 23.2 Å². The fraction of sp³-hybridized carbons (Fsp3) is 0.105. The molecule has 3 aromatic rings. The van der Waals surface area contributed by atoms with E-state index in [0.717, 1.165) is 10.2 Å². The van der Waals surface area contributed by atoms with Crippen molar-refractivity contribution in [3.8, 4) is 17.2 Å². The Morgan fingerprint density at radius 1 is 1.18 bits per heavy atom. The maximum absolute atomic E-state index is 12.3. The van der Waals surface area contributed by atoms with E-state index in [1.807, 2.05) is 24.3 Å². The summed E-state index contributed by atoms with van der Waals surface area (Å²) in [5, 5.41) is 13.8. The molecule has 1 amide bonds. The Labute approximate surface area is 168 Å². The molecule has 0 aliphatic carbocycles. The Balaban J connectivity index is 1.62. The fourth-order valence-corrected chi connectivity index (χ4v) is 4.35. The number of methoxy groups -OCH3 is 2. The molecule has 0 bridgehead atoms. The third-order valence-corrected chi connectivity index (χ3v) is 5.77. The molecule has 2 N–H and O–H groups in total.